The van der Waals surface area contributed by atoms with Crippen molar-refractivity contribution in [1.82, 2.24) is 15.3 Å². The number of thiocarbonyl (C=S) groups is 1. The number of nitrogens with zero attached hydrogens (tertiary/aromatic N) is 3. The van der Waals surface area contributed by atoms with E-state index in [0.29, 0.717) is 23.6 Å². The van der Waals surface area contributed by atoms with Crippen LogP contribution in [0.1, 0.15) is 37.4 Å². The van der Waals surface area contributed by atoms with Gasteiger partial charge in [-0.3, -0.25) is 0 Å². The number of rotatable bonds is 4. The van der Waals surface area contributed by atoms with Crippen molar-refractivity contribution >= 4 is 29.1 Å². The minimum absolute atomic E-state index is 0.513. The van der Waals surface area contributed by atoms with Gasteiger partial charge in [0.15, 0.2) is 5.11 Å². The normalized spacial score (nSPS) is 17.2. The van der Waals surface area contributed by atoms with Crippen LogP contribution in [-0.2, 0) is 6.54 Å². The second-order valence-electron chi connectivity index (χ2n) is 6.52. The largest absolute Gasteiger partial charge is 0.358 e. The predicted octanol–water partition coefficient (Wildman–Crippen LogP) is 3.65. The van der Waals surface area contributed by atoms with Gasteiger partial charge in [-0.1, -0.05) is 30.3 Å². The summed E-state index contributed by atoms with van der Waals surface area (Å²) in [4.78, 5) is 11.5. The second-order valence-corrected chi connectivity index (χ2v) is 6.93. The number of nitrogens with one attached hydrogen (secondary N) is 2. The minimum Gasteiger partial charge on any atom is -0.358 e. The van der Waals surface area contributed by atoms with E-state index in [-0.39, 0.29) is 0 Å². The Morgan fingerprint density at radius 3 is 2.80 bits per heavy atom. The maximum Gasteiger partial charge on any atom is 0.231 e. The first-order valence-electron chi connectivity index (χ1n) is 8.83. The van der Waals surface area contributed by atoms with Crippen molar-refractivity contribution in [2.45, 2.75) is 45.7 Å². The van der Waals surface area contributed by atoms with Crippen LogP contribution in [-0.4, -0.2) is 27.7 Å². The molecule has 1 saturated heterocycles. The number of hydrogen-bond acceptors (Lipinski definition) is 4. The molecule has 1 aliphatic heterocycles. The lowest BCUT2D eigenvalue weighted by Gasteiger charge is -2.34. The van der Waals surface area contributed by atoms with E-state index in [2.05, 4.69) is 44.6 Å². The standard InChI is InChI=1S/C19H25N5S/c1-14-12-17(24-11-7-6-8-15(24)2)22-18(21-14)23-19(25)20-13-16-9-4-3-5-10-16/h3-5,9-10,12,15H,6-8,11,13H2,1-2H3,(H2,20,21,22,23,25)/t15-/m0/s1. The number of anilines is 2. The summed E-state index contributed by atoms with van der Waals surface area (Å²) >= 11 is 5.39. The monoisotopic (exact) mass is 355 g/mol. The Kier molecular flexibility index (Phi) is 5.81. The van der Waals surface area contributed by atoms with Gasteiger partial charge < -0.3 is 15.5 Å². The van der Waals surface area contributed by atoms with E-state index in [4.69, 9.17) is 12.2 Å². The molecule has 2 N–H and O–H groups in total. The van der Waals surface area contributed by atoms with Crippen LogP contribution in [0.2, 0.25) is 0 Å². The van der Waals surface area contributed by atoms with Crippen molar-refractivity contribution in [2.75, 3.05) is 16.8 Å². The van der Waals surface area contributed by atoms with E-state index in [1.807, 2.05) is 31.2 Å². The molecular formula is C19H25N5S. The summed E-state index contributed by atoms with van der Waals surface area (Å²) in [5, 5.41) is 6.85. The Hall–Kier alpha value is -2.21. The highest BCUT2D eigenvalue weighted by atomic mass is 32.1. The lowest BCUT2D eigenvalue weighted by atomic mass is 10.0. The van der Waals surface area contributed by atoms with Gasteiger partial charge in [0, 0.05) is 30.9 Å². The lowest BCUT2D eigenvalue weighted by Crippen LogP contribution is -2.38. The van der Waals surface area contributed by atoms with Crippen LogP contribution in [0, 0.1) is 6.92 Å². The summed E-state index contributed by atoms with van der Waals surface area (Å²) < 4.78 is 0. The van der Waals surface area contributed by atoms with Crippen LogP contribution in [0.3, 0.4) is 0 Å². The first-order valence-corrected chi connectivity index (χ1v) is 9.24. The first kappa shape index (κ1) is 17.6. The fourth-order valence-corrected chi connectivity index (χ4v) is 3.28. The third-order valence-electron chi connectivity index (χ3n) is 4.46. The molecular weight excluding hydrogens is 330 g/mol. The average Bonchev–Trinajstić information content (AvgIpc) is 2.61. The zero-order valence-electron chi connectivity index (χ0n) is 14.8. The Bertz CT molecular complexity index is 719. The average molecular weight is 356 g/mol. The third-order valence-corrected chi connectivity index (χ3v) is 4.71. The summed E-state index contributed by atoms with van der Waals surface area (Å²) in [6.07, 6.45) is 3.72. The molecule has 1 aromatic carbocycles. The van der Waals surface area contributed by atoms with Crippen molar-refractivity contribution in [2.24, 2.45) is 0 Å². The molecule has 6 heteroatoms. The van der Waals surface area contributed by atoms with Crippen molar-refractivity contribution in [3.8, 4) is 0 Å². The fourth-order valence-electron chi connectivity index (χ4n) is 3.12. The SMILES string of the molecule is Cc1cc(N2CCCC[C@@H]2C)nc(NC(=S)NCc2ccccc2)n1. The van der Waals surface area contributed by atoms with Crippen LogP contribution in [0.5, 0.6) is 0 Å². The van der Waals surface area contributed by atoms with E-state index in [1.165, 1.54) is 24.8 Å². The fraction of sp³-hybridized carbons (Fsp3) is 0.421. The van der Waals surface area contributed by atoms with Gasteiger partial charge in [-0.05, 0) is 50.9 Å². The smallest absolute Gasteiger partial charge is 0.231 e. The van der Waals surface area contributed by atoms with Gasteiger partial charge >= 0.3 is 0 Å². The number of benzene rings is 1. The highest BCUT2D eigenvalue weighted by Gasteiger charge is 2.20. The van der Waals surface area contributed by atoms with Gasteiger partial charge in [0.1, 0.15) is 5.82 Å². The number of aromatic nitrogens is 2. The molecule has 2 heterocycles. The molecule has 0 spiro atoms. The van der Waals surface area contributed by atoms with Gasteiger partial charge in [0.2, 0.25) is 5.95 Å². The van der Waals surface area contributed by atoms with Crippen LogP contribution in [0.15, 0.2) is 36.4 Å². The van der Waals surface area contributed by atoms with Gasteiger partial charge in [-0.2, -0.15) is 4.98 Å². The lowest BCUT2D eigenvalue weighted by molar-refractivity contribution is 0.481. The Morgan fingerprint density at radius 2 is 2.04 bits per heavy atom. The Morgan fingerprint density at radius 1 is 1.24 bits per heavy atom. The summed E-state index contributed by atoms with van der Waals surface area (Å²) in [5.74, 6) is 1.53. The van der Waals surface area contributed by atoms with E-state index in [1.54, 1.807) is 0 Å². The molecule has 1 aromatic heterocycles. The van der Waals surface area contributed by atoms with Crippen molar-refractivity contribution in [3.05, 3.63) is 47.7 Å². The topological polar surface area (TPSA) is 53.1 Å². The van der Waals surface area contributed by atoms with Crippen molar-refractivity contribution in [1.29, 1.82) is 0 Å². The van der Waals surface area contributed by atoms with Gasteiger partial charge in [-0.25, -0.2) is 4.98 Å². The number of aryl methyl sites for hydroxylation is 1. The van der Waals surface area contributed by atoms with Gasteiger partial charge in [0.25, 0.3) is 0 Å². The molecule has 0 radical (unpaired) electrons. The molecule has 1 atom stereocenters. The van der Waals surface area contributed by atoms with E-state index >= 15 is 0 Å². The third kappa shape index (κ3) is 4.89. The molecule has 2 aromatic rings. The maximum absolute atomic E-state index is 5.39. The Labute approximate surface area is 154 Å². The Balaban J connectivity index is 1.64. The van der Waals surface area contributed by atoms with Crippen LogP contribution in [0.4, 0.5) is 11.8 Å². The molecule has 25 heavy (non-hydrogen) atoms. The second kappa shape index (κ2) is 8.25. The summed E-state index contributed by atoms with van der Waals surface area (Å²) in [6, 6.07) is 12.7. The maximum atomic E-state index is 5.39. The highest BCUT2D eigenvalue weighted by Crippen LogP contribution is 2.24. The summed E-state index contributed by atoms with van der Waals surface area (Å²) in [5.41, 5.74) is 2.12. The molecule has 0 bridgehead atoms. The molecule has 0 unspecified atom stereocenters. The number of piperidine rings is 1. The first-order chi connectivity index (χ1) is 12.1. The van der Waals surface area contributed by atoms with E-state index in [0.717, 1.165) is 18.1 Å². The number of hydrogen-bond donors (Lipinski definition) is 2. The molecule has 5 nitrogen and oxygen atoms in total. The minimum atomic E-state index is 0.513. The summed E-state index contributed by atoms with van der Waals surface area (Å²) in [7, 11) is 0. The van der Waals surface area contributed by atoms with Crippen LogP contribution >= 0.6 is 12.2 Å². The molecule has 0 amide bonds. The molecule has 3 rings (SSSR count). The van der Waals surface area contributed by atoms with Gasteiger partial charge in [0.05, 0.1) is 0 Å². The molecule has 132 valence electrons. The van der Waals surface area contributed by atoms with E-state index in [9.17, 15) is 0 Å². The highest BCUT2D eigenvalue weighted by molar-refractivity contribution is 7.80. The zero-order chi connectivity index (χ0) is 17.6. The van der Waals surface area contributed by atoms with Crippen molar-refractivity contribution < 1.29 is 0 Å². The molecule has 1 fully saturated rings. The quantitative estimate of drug-likeness (QED) is 0.817. The van der Waals surface area contributed by atoms with Gasteiger partial charge in [-0.15, -0.1) is 0 Å². The summed E-state index contributed by atoms with van der Waals surface area (Å²) in [6.45, 7) is 5.98. The molecule has 1 aliphatic rings. The predicted molar refractivity (Wildman–Crippen MR) is 107 cm³/mol. The molecule has 0 aliphatic carbocycles. The molecule has 0 saturated carbocycles. The zero-order valence-corrected chi connectivity index (χ0v) is 15.6. The van der Waals surface area contributed by atoms with E-state index < -0.39 is 0 Å². The van der Waals surface area contributed by atoms with Crippen molar-refractivity contribution in [3.63, 3.8) is 0 Å². The van der Waals surface area contributed by atoms with Crippen LogP contribution in [0.25, 0.3) is 0 Å². The van der Waals surface area contributed by atoms with Crippen LogP contribution < -0.4 is 15.5 Å².